The zero-order chi connectivity index (χ0) is 14.1. The third-order valence-electron chi connectivity index (χ3n) is 3.13. The summed E-state index contributed by atoms with van der Waals surface area (Å²) in [7, 11) is 1.61. The molecular weight excluding hydrogens is 324 g/mol. The summed E-state index contributed by atoms with van der Waals surface area (Å²) in [6.07, 6.45) is 3.47. The van der Waals surface area contributed by atoms with Crippen molar-refractivity contribution < 1.29 is 14.3 Å². The molecule has 0 saturated carbocycles. The number of hydrogen-bond donors (Lipinski definition) is 2. The summed E-state index contributed by atoms with van der Waals surface area (Å²) in [5, 5.41) is 2.63. The number of aromatic amines is 1. The topological polar surface area (TPSA) is 63.4 Å². The summed E-state index contributed by atoms with van der Waals surface area (Å²) in [5.74, 6) is 1.26. The Morgan fingerprint density at radius 3 is 2.90 bits per heavy atom. The second-order valence-corrected chi connectivity index (χ2v) is 5.20. The van der Waals surface area contributed by atoms with E-state index >= 15 is 0 Å². The van der Waals surface area contributed by atoms with Crippen LogP contribution >= 0.6 is 15.9 Å². The van der Waals surface area contributed by atoms with Gasteiger partial charge in [-0.1, -0.05) is 0 Å². The summed E-state index contributed by atoms with van der Waals surface area (Å²) in [4.78, 5) is 14.8. The third kappa shape index (κ3) is 2.16. The Hall–Kier alpha value is -1.95. The van der Waals surface area contributed by atoms with Crippen molar-refractivity contribution in [3.8, 4) is 22.6 Å². The number of halogens is 1. The SMILES string of the molecule is CNC(=O)c1c[nH]cc1-c1cc(Br)c2c(c1)OCCO2. The lowest BCUT2D eigenvalue weighted by atomic mass is 10.0. The van der Waals surface area contributed by atoms with Crippen molar-refractivity contribution in [3.63, 3.8) is 0 Å². The van der Waals surface area contributed by atoms with Crippen LogP contribution in [-0.2, 0) is 0 Å². The van der Waals surface area contributed by atoms with Crippen LogP contribution in [-0.4, -0.2) is 31.2 Å². The van der Waals surface area contributed by atoms with Crippen molar-refractivity contribution in [2.45, 2.75) is 0 Å². The van der Waals surface area contributed by atoms with Gasteiger partial charge in [-0.05, 0) is 33.6 Å². The number of amides is 1. The van der Waals surface area contributed by atoms with E-state index in [0.29, 0.717) is 30.3 Å². The number of fused-ring (bicyclic) bond motifs is 1. The zero-order valence-corrected chi connectivity index (χ0v) is 12.4. The van der Waals surface area contributed by atoms with Crippen molar-refractivity contribution in [1.29, 1.82) is 0 Å². The van der Waals surface area contributed by atoms with Crippen LogP contribution in [0.1, 0.15) is 10.4 Å². The maximum atomic E-state index is 11.8. The van der Waals surface area contributed by atoms with Crippen LogP contribution in [0.2, 0.25) is 0 Å². The first-order chi connectivity index (χ1) is 9.70. The number of aromatic nitrogens is 1. The number of carbonyl (C=O) groups is 1. The molecule has 0 spiro atoms. The number of nitrogens with one attached hydrogen (secondary N) is 2. The number of carbonyl (C=O) groups excluding carboxylic acids is 1. The smallest absolute Gasteiger partial charge is 0.253 e. The molecule has 1 aromatic heterocycles. The fraction of sp³-hybridized carbons (Fsp3) is 0.214. The van der Waals surface area contributed by atoms with Crippen molar-refractivity contribution in [2.75, 3.05) is 20.3 Å². The van der Waals surface area contributed by atoms with Crippen molar-refractivity contribution in [2.24, 2.45) is 0 Å². The summed E-state index contributed by atoms with van der Waals surface area (Å²) in [6, 6.07) is 3.80. The molecule has 5 nitrogen and oxygen atoms in total. The zero-order valence-electron chi connectivity index (χ0n) is 10.8. The van der Waals surface area contributed by atoms with E-state index in [-0.39, 0.29) is 5.91 Å². The average Bonchev–Trinajstić information content (AvgIpc) is 2.96. The van der Waals surface area contributed by atoms with Crippen LogP contribution in [0, 0.1) is 0 Å². The molecule has 0 atom stereocenters. The van der Waals surface area contributed by atoms with Gasteiger partial charge in [0.1, 0.15) is 13.2 Å². The molecule has 0 aliphatic carbocycles. The van der Waals surface area contributed by atoms with E-state index in [1.807, 2.05) is 12.1 Å². The van der Waals surface area contributed by atoms with Crippen molar-refractivity contribution in [1.82, 2.24) is 10.3 Å². The molecule has 1 aromatic carbocycles. The highest BCUT2D eigenvalue weighted by Gasteiger charge is 2.19. The molecule has 0 saturated heterocycles. The molecule has 1 aliphatic rings. The first kappa shape index (κ1) is 13.1. The number of benzene rings is 1. The predicted molar refractivity (Wildman–Crippen MR) is 78.3 cm³/mol. The predicted octanol–water partition coefficient (Wildman–Crippen LogP) is 2.58. The molecule has 2 aromatic rings. The maximum absolute atomic E-state index is 11.8. The Kier molecular flexibility index (Phi) is 3.40. The van der Waals surface area contributed by atoms with E-state index in [0.717, 1.165) is 15.6 Å². The normalized spacial score (nSPS) is 13.1. The minimum Gasteiger partial charge on any atom is -0.486 e. The fourth-order valence-electron chi connectivity index (χ4n) is 2.19. The standard InChI is InChI=1S/C14H13BrN2O3/c1-16-14(18)10-7-17-6-9(10)8-4-11(15)13-12(5-8)19-2-3-20-13/h4-7,17H,2-3H2,1H3,(H,16,18). The van der Waals surface area contributed by atoms with E-state index in [4.69, 9.17) is 9.47 Å². The van der Waals surface area contributed by atoms with Crippen LogP contribution in [0.5, 0.6) is 11.5 Å². The van der Waals surface area contributed by atoms with Crippen molar-refractivity contribution in [3.05, 3.63) is 34.6 Å². The van der Waals surface area contributed by atoms with E-state index < -0.39 is 0 Å². The first-order valence-electron chi connectivity index (χ1n) is 6.19. The van der Waals surface area contributed by atoms with Crippen LogP contribution in [0.15, 0.2) is 29.0 Å². The van der Waals surface area contributed by atoms with Gasteiger partial charge in [0, 0.05) is 25.0 Å². The van der Waals surface area contributed by atoms with Crippen LogP contribution < -0.4 is 14.8 Å². The lowest BCUT2D eigenvalue weighted by molar-refractivity contribution is 0.0964. The van der Waals surface area contributed by atoms with Gasteiger partial charge in [0.2, 0.25) is 0 Å². The van der Waals surface area contributed by atoms with Crippen LogP contribution in [0.3, 0.4) is 0 Å². The van der Waals surface area contributed by atoms with E-state index in [1.165, 1.54) is 0 Å². The van der Waals surface area contributed by atoms with E-state index in [2.05, 4.69) is 26.2 Å². The van der Waals surface area contributed by atoms with Gasteiger partial charge in [-0.2, -0.15) is 0 Å². The summed E-state index contributed by atoms with van der Waals surface area (Å²) in [5.41, 5.74) is 2.30. The number of H-pyrrole nitrogens is 1. The molecule has 0 unspecified atom stereocenters. The van der Waals surface area contributed by atoms with Crippen molar-refractivity contribution >= 4 is 21.8 Å². The van der Waals surface area contributed by atoms with Gasteiger partial charge in [0.05, 0.1) is 10.0 Å². The largest absolute Gasteiger partial charge is 0.486 e. The highest BCUT2D eigenvalue weighted by atomic mass is 79.9. The first-order valence-corrected chi connectivity index (χ1v) is 6.98. The minimum atomic E-state index is -0.132. The van der Waals surface area contributed by atoms with Gasteiger partial charge in [0.25, 0.3) is 5.91 Å². The fourth-order valence-corrected chi connectivity index (χ4v) is 2.75. The summed E-state index contributed by atoms with van der Waals surface area (Å²) >= 11 is 3.48. The Labute approximate surface area is 124 Å². The Balaban J connectivity index is 2.09. The molecule has 0 radical (unpaired) electrons. The number of hydrogen-bond acceptors (Lipinski definition) is 3. The van der Waals surface area contributed by atoms with Gasteiger partial charge in [-0.15, -0.1) is 0 Å². The molecule has 3 rings (SSSR count). The summed E-state index contributed by atoms with van der Waals surface area (Å²) < 4.78 is 12.0. The Bertz CT molecular complexity index is 666. The van der Waals surface area contributed by atoms with Gasteiger partial charge in [-0.25, -0.2) is 0 Å². The average molecular weight is 337 g/mol. The molecule has 0 bridgehead atoms. The molecule has 2 N–H and O–H groups in total. The number of rotatable bonds is 2. The Morgan fingerprint density at radius 1 is 1.30 bits per heavy atom. The van der Waals surface area contributed by atoms with Crippen LogP contribution in [0.25, 0.3) is 11.1 Å². The molecular formula is C14H13BrN2O3. The van der Waals surface area contributed by atoms with Gasteiger partial charge >= 0.3 is 0 Å². The molecule has 6 heteroatoms. The lowest BCUT2D eigenvalue weighted by Gasteiger charge is -2.20. The molecule has 104 valence electrons. The quantitative estimate of drug-likeness (QED) is 0.885. The molecule has 20 heavy (non-hydrogen) atoms. The Morgan fingerprint density at radius 2 is 2.10 bits per heavy atom. The van der Waals surface area contributed by atoms with Gasteiger partial charge in [0.15, 0.2) is 11.5 Å². The summed E-state index contributed by atoms with van der Waals surface area (Å²) in [6.45, 7) is 1.07. The van der Waals surface area contributed by atoms with Gasteiger partial charge < -0.3 is 19.8 Å². The van der Waals surface area contributed by atoms with Gasteiger partial charge in [-0.3, -0.25) is 4.79 Å². The lowest BCUT2D eigenvalue weighted by Crippen LogP contribution is -2.18. The molecule has 1 aliphatic heterocycles. The number of ether oxygens (including phenoxy) is 2. The molecule has 0 fully saturated rings. The van der Waals surface area contributed by atoms with Crippen LogP contribution in [0.4, 0.5) is 0 Å². The monoisotopic (exact) mass is 336 g/mol. The highest BCUT2D eigenvalue weighted by Crippen LogP contribution is 2.41. The second-order valence-electron chi connectivity index (χ2n) is 4.34. The maximum Gasteiger partial charge on any atom is 0.253 e. The van der Waals surface area contributed by atoms with E-state index in [9.17, 15) is 4.79 Å². The highest BCUT2D eigenvalue weighted by molar-refractivity contribution is 9.10. The van der Waals surface area contributed by atoms with E-state index in [1.54, 1.807) is 19.4 Å². The molecule has 2 heterocycles. The minimum absolute atomic E-state index is 0.132. The third-order valence-corrected chi connectivity index (χ3v) is 3.71. The second kappa shape index (κ2) is 5.20. The molecule has 1 amide bonds.